The van der Waals surface area contributed by atoms with Crippen molar-refractivity contribution in [1.29, 1.82) is 0 Å². The molecule has 1 aliphatic carbocycles. The lowest BCUT2D eigenvalue weighted by Gasteiger charge is -2.42. The van der Waals surface area contributed by atoms with E-state index in [-0.39, 0.29) is 18.7 Å². The average molecular weight is 377 g/mol. The third-order valence-corrected chi connectivity index (χ3v) is 6.40. The van der Waals surface area contributed by atoms with Crippen molar-refractivity contribution in [3.05, 3.63) is 53.5 Å². The number of rotatable bonds is 4. The van der Waals surface area contributed by atoms with Crippen molar-refractivity contribution in [2.24, 2.45) is 0 Å². The number of aromatic nitrogens is 3. The van der Waals surface area contributed by atoms with Crippen LogP contribution in [0.2, 0.25) is 0 Å². The van der Waals surface area contributed by atoms with Gasteiger partial charge in [0.1, 0.15) is 17.8 Å². The average Bonchev–Trinajstić information content (AvgIpc) is 3.34. The van der Waals surface area contributed by atoms with Crippen LogP contribution < -0.4 is 5.32 Å². The van der Waals surface area contributed by atoms with Gasteiger partial charge < -0.3 is 15.4 Å². The largest absolute Gasteiger partial charge is 0.395 e. The van der Waals surface area contributed by atoms with E-state index < -0.39 is 0 Å². The number of benzene rings is 1. The zero-order chi connectivity index (χ0) is 19.1. The van der Waals surface area contributed by atoms with E-state index in [1.165, 1.54) is 11.1 Å². The molecule has 0 bridgehead atoms. The van der Waals surface area contributed by atoms with Gasteiger partial charge in [-0.05, 0) is 56.3 Å². The molecule has 3 atom stereocenters. The van der Waals surface area contributed by atoms with Crippen molar-refractivity contribution >= 4 is 16.9 Å². The Morgan fingerprint density at radius 3 is 3.04 bits per heavy atom. The van der Waals surface area contributed by atoms with Gasteiger partial charge in [0.25, 0.3) is 0 Å². The van der Waals surface area contributed by atoms with Crippen LogP contribution in [-0.4, -0.2) is 50.2 Å². The predicted molar refractivity (Wildman–Crippen MR) is 110 cm³/mol. The summed E-state index contributed by atoms with van der Waals surface area (Å²) in [4.78, 5) is 14.8. The Morgan fingerprint density at radius 2 is 2.14 bits per heavy atom. The summed E-state index contributed by atoms with van der Waals surface area (Å²) in [5.41, 5.74) is 4.71. The molecule has 0 saturated carbocycles. The van der Waals surface area contributed by atoms with Crippen LogP contribution in [0, 0.1) is 6.92 Å². The van der Waals surface area contributed by atoms with E-state index in [1.807, 2.05) is 6.92 Å². The molecule has 0 amide bonds. The number of hydrogen-bond acceptors (Lipinski definition) is 5. The Hall–Kier alpha value is -2.44. The van der Waals surface area contributed by atoms with Crippen molar-refractivity contribution < 1.29 is 5.11 Å². The lowest BCUT2D eigenvalue weighted by Crippen LogP contribution is -2.48. The van der Waals surface area contributed by atoms with E-state index in [0.717, 1.165) is 54.8 Å². The van der Waals surface area contributed by atoms with Crippen LogP contribution in [0.3, 0.4) is 0 Å². The molecule has 1 aromatic carbocycles. The topological polar surface area (TPSA) is 77.1 Å². The SMILES string of the molecule is Cc1cc2c(N[C@H]3c4ccccc4CC[C@@H]3N3CCC[C@H]3CO)ncnc2[nH]1. The number of anilines is 1. The van der Waals surface area contributed by atoms with Crippen molar-refractivity contribution in [3.63, 3.8) is 0 Å². The molecule has 1 aliphatic heterocycles. The second-order valence-corrected chi connectivity index (χ2v) is 8.08. The standard InChI is InChI=1S/C22H27N5O/c1-14-11-18-21(25-14)23-13-24-22(18)26-20-17-7-3-2-5-15(17)8-9-19(20)27-10-4-6-16(27)12-28/h2-3,5,7,11,13,16,19-20,28H,4,6,8-10,12H2,1H3,(H2,23,24,25,26)/t16-,19-,20-/m0/s1. The summed E-state index contributed by atoms with van der Waals surface area (Å²) in [5.74, 6) is 0.876. The van der Waals surface area contributed by atoms with Crippen molar-refractivity contribution in [3.8, 4) is 0 Å². The Bertz CT molecular complexity index is 984. The number of hydrogen-bond donors (Lipinski definition) is 3. The molecular formula is C22H27N5O. The van der Waals surface area contributed by atoms with E-state index >= 15 is 0 Å². The van der Waals surface area contributed by atoms with Crippen molar-refractivity contribution in [2.45, 2.75) is 50.7 Å². The fourth-order valence-corrected chi connectivity index (χ4v) is 5.10. The van der Waals surface area contributed by atoms with E-state index in [1.54, 1.807) is 6.33 Å². The van der Waals surface area contributed by atoms with Gasteiger partial charge in [-0.15, -0.1) is 0 Å². The summed E-state index contributed by atoms with van der Waals surface area (Å²) in [6, 6.07) is 11.6. The van der Waals surface area contributed by atoms with E-state index in [9.17, 15) is 5.11 Å². The number of nitrogens with zero attached hydrogens (tertiary/aromatic N) is 3. The molecular weight excluding hydrogens is 350 g/mol. The summed E-state index contributed by atoms with van der Waals surface area (Å²) >= 11 is 0. The van der Waals surface area contributed by atoms with Gasteiger partial charge in [0.05, 0.1) is 18.0 Å². The van der Waals surface area contributed by atoms with Gasteiger partial charge in [-0.25, -0.2) is 9.97 Å². The zero-order valence-electron chi connectivity index (χ0n) is 16.2. The lowest BCUT2D eigenvalue weighted by atomic mass is 9.83. The monoisotopic (exact) mass is 377 g/mol. The highest BCUT2D eigenvalue weighted by Gasteiger charge is 2.38. The number of aliphatic hydroxyl groups is 1. The van der Waals surface area contributed by atoms with Gasteiger partial charge >= 0.3 is 0 Å². The fourth-order valence-electron chi connectivity index (χ4n) is 5.10. The Morgan fingerprint density at radius 1 is 1.25 bits per heavy atom. The minimum atomic E-state index is 0.144. The molecule has 6 heteroatoms. The molecule has 0 radical (unpaired) electrons. The molecule has 3 N–H and O–H groups in total. The molecule has 3 heterocycles. The smallest absolute Gasteiger partial charge is 0.143 e. The van der Waals surface area contributed by atoms with Gasteiger partial charge in [0.2, 0.25) is 0 Å². The summed E-state index contributed by atoms with van der Waals surface area (Å²) < 4.78 is 0. The lowest BCUT2D eigenvalue weighted by molar-refractivity contribution is 0.100. The van der Waals surface area contributed by atoms with Gasteiger partial charge in [-0.3, -0.25) is 4.90 Å². The number of aliphatic hydroxyl groups excluding tert-OH is 1. The predicted octanol–water partition coefficient (Wildman–Crippen LogP) is 3.19. The van der Waals surface area contributed by atoms with Gasteiger partial charge in [-0.1, -0.05) is 24.3 Å². The first-order valence-electron chi connectivity index (χ1n) is 10.3. The van der Waals surface area contributed by atoms with Crippen LogP contribution in [0.25, 0.3) is 11.0 Å². The first kappa shape index (κ1) is 17.6. The highest BCUT2D eigenvalue weighted by atomic mass is 16.3. The van der Waals surface area contributed by atoms with Gasteiger partial charge in [0.15, 0.2) is 0 Å². The number of nitrogens with one attached hydrogen (secondary N) is 2. The van der Waals surface area contributed by atoms with Crippen molar-refractivity contribution in [1.82, 2.24) is 19.9 Å². The van der Waals surface area contributed by atoms with Gasteiger partial charge in [0, 0.05) is 17.8 Å². The highest BCUT2D eigenvalue weighted by molar-refractivity contribution is 5.87. The second-order valence-electron chi connectivity index (χ2n) is 8.08. The molecule has 6 nitrogen and oxygen atoms in total. The summed E-state index contributed by atoms with van der Waals surface area (Å²) in [7, 11) is 0. The maximum atomic E-state index is 9.90. The molecule has 1 saturated heterocycles. The van der Waals surface area contributed by atoms with Crippen LogP contribution >= 0.6 is 0 Å². The Balaban J connectivity index is 1.56. The highest BCUT2D eigenvalue weighted by Crippen LogP contribution is 2.38. The number of H-pyrrole nitrogens is 1. The van der Waals surface area contributed by atoms with Crippen LogP contribution in [-0.2, 0) is 6.42 Å². The molecule has 28 heavy (non-hydrogen) atoms. The van der Waals surface area contributed by atoms with Crippen LogP contribution in [0.4, 0.5) is 5.82 Å². The molecule has 2 aliphatic rings. The maximum Gasteiger partial charge on any atom is 0.143 e. The third-order valence-electron chi connectivity index (χ3n) is 6.40. The molecule has 0 unspecified atom stereocenters. The van der Waals surface area contributed by atoms with Crippen molar-refractivity contribution in [2.75, 3.05) is 18.5 Å². The zero-order valence-corrected chi connectivity index (χ0v) is 16.2. The molecule has 1 fully saturated rings. The van der Waals surface area contributed by atoms with Gasteiger partial charge in [-0.2, -0.15) is 0 Å². The quantitative estimate of drug-likeness (QED) is 0.651. The maximum absolute atomic E-state index is 9.90. The van der Waals surface area contributed by atoms with E-state index in [2.05, 4.69) is 55.5 Å². The molecule has 2 aromatic heterocycles. The van der Waals surface area contributed by atoms with Crippen LogP contribution in [0.15, 0.2) is 36.7 Å². The number of fused-ring (bicyclic) bond motifs is 2. The molecule has 5 rings (SSSR count). The summed E-state index contributed by atoms with van der Waals surface area (Å²) in [5, 5.41) is 14.7. The fraction of sp³-hybridized carbons (Fsp3) is 0.455. The van der Waals surface area contributed by atoms with Crippen LogP contribution in [0.1, 0.15) is 42.1 Å². The Kier molecular flexibility index (Phi) is 4.53. The minimum Gasteiger partial charge on any atom is -0.395 e. The molecule has 0 spiro atoms. The summed E-state index contributed by atoms with van der Waals surface area (Å²) in [6.07, 6.45) is 6.03. The van der Waals surface area contributed by atoms with Crippen LogP contribution in [0.5, 0.6) is 0 Å². The second kappa shape index (κ2) is 7.18. The summed E-state index contributed by atoms with van der Waals surface area (Å²) in [6.45, 7) is 3.33. The first-order valence-corrected chi connectivity index (χ1v) is 10.3. The third kappa shape index (κ3) is 2.97. The molecule has 146 valence electrons. The Labute approximate surface area is 165 Å². The van der Waals surface area contributed by atoms with E-state index in [0.29, 0.717) is 6.04 Å². The number of aryl methyl sites for hydroxylation is 2. The minimum absolute atomic E-state index is 0.144. The molecule has 3 aromatic rings. The van der Waals surface area contributed by atoms with E-state index in [4.69, 9.17) is 0 Å². The number of aromatic amines is 1. The first-order chi connectivity index (χ1) is 13.7. The normalized spacial score (nSPS) is 25.1. The number of likely N-dealkylation sites (tertiary alicyclic amines) is 1.